The molecule has 0 unspecified atom stereocenters. The summed E-state index contributed by atoms with van der Waals surface area (Å²) in [5.74, 6) is 0. The third-order valence-corrected chi connectivity index (χ3v) is 2.34. The monoisotopic (exact) mass is 299 g/mol. The summed E-state index contributed by atoms with van der Waals surface area (Å²) in [5.41, 5.74) is 2.17. The zero-order valence-electron chi connectivity index (χ0n) is 10.1. The first kappa shape index (κ1) is 14.4. The van der Waals surface area contributed by atoms with Crippen LogP contribution in [0.2, 0.25) is 0 Å². The summed E-state index contributed by atoms with van der Waals surface area (Å²) in [5, 5.41) is 6.00. The molecular formula is C14H14N2Y+. The maximum absolute atomic E-state index is 4.52. The van der Waals surface area contributed by atoms with Crippen LogP contribution in [0.15, 0.2) is 48.5 Å². The number of benzene rings is 2. The van der Waals surface area contributed by atoms with E-state index in [4.69, 9.17) is 0 Å². The first-order chi connectivity index (χ1) is 7.86. The Morgan fingerprint density at radius 2 is 1.12 bits per heavy atom. The molecule has 0 atom stereocenters. The minimum Gasteiger partial charge on any atom is -0.668 e. The van der Waals surface area contributed by atoms with Crippen molar-refractivity contribution >= 4 is 21.8 Å². The molecule has 0 saturated carbocycles. The molecule has 0 aliphatic rings. The van der Waals surface area contributed by atoms with E-state index in [1.165, 1.54) is 10.8 Å². The standard InChI is InChI=1S/C12H8N.C2H6N.Y/c1-3-7-11-9(5-1)10-6-2-4-8-12(10)13-11;1-3-2;/h1-8H;1-2H3;/q2*-1;+3. The van der Waals surface area contributed by atoms with E-state index in [1.807, 2.05) is 12.1 Å². The number of rotatable bonds is 0. The molecule has 0 saturated heterocycles. The Morgan fingerprint density at radius 1 is 0.765 bits per heavy atom. The van der Waals surface area contributed by atoms with Gasteiger partial charge in [0.15, 0.2) is 0 Å². The quantitative estimate of drug-likeness (QED) is 0.624. The van der Waals surface area contributed by atoms with Gasteiger partial charge in [-0.05, 0) is 10.8 Å². The Kier molecular flexibility index (Phi) is 5.83. The maximum Gasteiger partial charge on any atom is 3.00 e. The van der Waals surface area contributed by atoms with Crippen molar-refractivity contribution in [2.75, 3.05) is 14.1 Å². The van der Waals surface area contributed by atoms with Crippen LogP contribution >= 0.6 is 0 Å². The molecule has 0 bridgehead atoms. The second kappa shape index (κ2) is 6.90. The maximum atomic E-state index is 4.52. The fraction of sp³-hybridized carbons (Fsp3) is 0.143. The van der Waals surface area contributed by atoms with E-state index in [0.29, 0.717) is 0 Å². The molecule has 3 aromatic rings. The molecule has 1 aromatic heterocycles. The van der Waals surface area contributed by atoms with Gasteiger partial charge in [-0.1, -0.05) is 48.5 Å². The molecule has 0 amide bonds. The number of hydrogen-bond acceptors (Lipinski definition) is 0. The summed E-state index contributed by atoms with van der Waals surface area (Å²) in [6.07, 6.45) is 0. The van der Waals surface area contributed by atoms with Crippen molar-refractivity contribution in [2.45, 2.75) is 0 Å². The van der Waals surface area contributed by atoms with Gasteiger partial charge in [-0.3, -0.25) is 0 Å². The average molecular weight is 299 g/mol. The van der Waals surface area contributed by atoms with Crippen molar-refractivity contribution in [3.63, 3.8) is 0 Å². The molecule has 0 aliphatic heterocycles. The zero-order chi connectivity index (χ0) is 11.4. The van der Waals surface area contributed by atoms with Gasteiger partial charge in [0.2, 0.25) is 0 Å². The van der Waals surface area contributed by atoms with Crippen molar-refractivity contribution in [1.82, 2.24) is 4.98 Å². The molecule has 3 heteroatoms. The van der Waals surface area contributed by atoms with Gasteiger partial charge < -0.3 is 10.3 Å². The Balaban J connectivity index is 0.000000331. The van der Waals surface area contributed by atoms with Crippen molar-refractivity contribution in [1.29, 1.82) is 0 Å². The third kappa shape index (κ3) is 3.15. The van der Waals surface area contributed by atoms with Crippen LogP contribution in [0.5, 0.6) is 0 Å². The van der Waals surface area contributed by atoms with Gasteiger partial charge in [-0.2, -0.15) is 14.1 Å². The Labute approximate surface area is 127 Å². The average Bonchev–Trinajstić information content (AvgIpc) is 2.68. The Hall–Kier alpha value is -0.696. The van der Waals surface area contributed by atoms with Gasteiger partial charge in [-0.15, -0.1) is 11.0 Å². The van der Waals surface area contributed by atoms with Gasteiger partial charge >= 0.3 is 32.7 Å². The molecule has 0 aliphatic carbocycles. The van der Waals surface area contributed by atoms with E-state index in [-0.39, 0.29) is 32.7 Å². The topological polar surface area (TPSA) is 28.2 Å². The molecule has 17 heavy (non-hydrogen) atoms. The molecule has 0 radical (unpaired) electrons. The van der Waals surface area contributed by atoms with Crippen LogP contribution in [0.4, 0.5) is 0 Å². The van der Waals surface area contributed by atoms with E-state index < -0.39 is 0 Å². The Morgan fingerprint density at radius 3 is 1.53 bits per heavy atom. The normalized spacial score (nSPS) is 9.53. The van der Waals surface area contributed by atoms with E-state index >= 15 is 0 Å². The van der Waals surface area contributed by atoms with Crippen LogP contribution in [0.25, 0.3) is 27.1 Å². The molecule has 0 fully saturated rings. The predicted molar refractivity (Wildman–Crippen MR) is 70.0 cm³/mol. The van der Waals surface area contributed by atoms with Gasteiger partial charge in [0.1, 0.15) is 0 Å². The number of para-hydroxylation sites is 2. The van der Waals surface area contributed by atoms with Crippen LogP contribution < -0.4 is 4.98 Å². The van der Waals surface area contributed by atoms with E-state index in [0.717, 1.165) is 11.0 Å². The molecule has 2 aromatic carbocycles. The fourth-order valence-electron chi connectivity index (χ4n) is 1.73. The molecular weight excluding hydrogens is 285 g/mol. The van der Waals surface area contributed by atoms with Crippen molar-refractivity contribution < 1.29 is 32.7 Å². The number of hydrogen-bond donors (Lipinski definition) is 0. The first-order valence-electron chi connectivity index (χ1n) is 5.25. The fourth-order valence-corrected chi connectivity index (χ4v) is 1.73. The largest absolute Gasteiger partial charge is 3.00 e. The van der Waals surface area contributed by atoms with Gasteiger partial charge in [0, 0.05) is 0 Å². The van der Waals surface area contributed by atoms with E-state index in [2.05, 4.69) is 46.7 Å². The summed E-state index contributed by atoms with van der Waals surface area (Å²) in [7, 11) is 3.50. The van der Waals surface area contributed by atoms with Crippen molar-refractivity contribution in [3.05, 3.63) is 53.8 Å². The van der Waals surface area contributed by atoms with Gasteiger partial charge in [0.25, 0.3) is 0 Å². The number of nitrogens with zero attached hydrogens (tertiary/aromatic N) is 2. The van der Waals surface area contributed by atoms with Crippen molar-refractivity contribution in [3.8, 4) is 0 Å². The number of aromatic nitrogens is 1. The summed E-state index contributed by atoms with van der Waals surface area (Å²) >= 11 is 0. The minimum absolute atomic E-state index is 0. The van der Waals surface area contributed by atoms with Crippen LogP contribution in [0.3, 0.4) is 0 Å². The van der Waals surface area contributed by atoms with Crippen LogP contribution in [-0.4, -0.2) is 14.1 Å². The molecule has 0 N–H and O–H groups in total. The van der Waals surface area contributed by atoms with Crippen LogP contribution in [0.1, 0.15) is 0 Å². The summed E-state index contributed by atoms with van der Waals surface area (Å²) in [6.45, 7) is 0. The SMILES string of the molecule is C[N-]C.[Y+3].c1ccc2c(c1)[n-]c1ccccc12. The second-order valence-electron chi connectivity index (χ2n) is 3.59. The third-order valence-electron chi connectivity index (χ3n) is 2.34. The number of fused-ring (bicyclic) bond motifs is 3. The van der Waals surface area contributed by atoms with E-state index in [1.54, 1.807) is 14.1 Å². The summed E-state index contributed by atoms with van der Waals surface area (Å²) < 4.78 is 0. The molecule has 1 heterocycles. The predicted octanol–water partition coefficient (Wildman–Crippen LogP) is 3.57. The van der Waals surface area contributed by atoms with Gasteiger partial charge in [-0.25, -0.2) is 0 Å². The molecule has 2 nitrogen and oxygen atoms in total. The van der Waals surface area contributed by atoms with Gasteiger partial charge in [0.05, 0.1) is 0 Å². The molecule has 3 rings (SSSR count). The minimum atomic E-state index is 0. The van der Waals surface area contributed by atoms with E-state index in [9.17, 15) is 0 Å². The van der Waals surface area contributed by atoms with Crippen LogP contribution in [0, 0.1) is 0 Å². The first-order valence-corrected chi connectivity index (χ1v) is 5.25. The summed E-state index contributed by atoms with van der Waals surface area (Å²) in [4.78, 5) is 4.52. The smallest absolute Gasteiger partial charge is 0.668 e. The Bertz CT molecular complexity index is 536. The van der Waals surface area contributed by atoms with Crippen molar-refractivity contribution in [2.24, 2.45) is 0 Å². The molecule has 0 spiro atoms. The van der Waals surface area contributed by atoms with Crippen LogP contribution in [-0.2, 0) is 32.7 Å². The zero-order valence-corrected chi connectivity index (χ0v) is 12.9. The second-order valence-corrected chi connectivity index (χ2v) is 3.59. The molecule has 82 valence electrons. The summed E-state index contributed by atoms with van der Waals surface area (Å²) in [6, 6.07) is 16.5.